The van der Waals surface area contributed by atoms with Crippen LogP contribution in [0.15, 0.2) is 82.6 Å². The zero-order valence-electron chi connectivity index (χ0n) is 17.4. The van der Waals surface area contributed by atoms with Gasteiger partial charge in [-0.05, 0) is 48.5 Å². The third-order valence-electron chi connectivity index (χ3n) is 4.40. The van der Waals surface area contributed by atoms with E-state index in [-0.39, 0.29) is 11.1 Å². The number of rotatable bonds is 4. The molecule has 10 nitrogen and oxygen atoms in total. The quantitative estimate of drug-likeness (QED) is 0.374. The Kier molecular flexibility index (Phi) is 7.22. The average molecular weight is 445 g/mol. The molecule has 0 aliphatic heterocycles. The molecular weight excluding hydrogens is 426 g/mol. The molecule has 166 valence electrons. The fourth-order valence-corrected chi connectivity index (χ4v) is 2.77. The summed E-state index contributed by atoms with van der Waals surface area (Å²) in [4.78, 5) is 58.3. The normalized spacial score (nSPS) is 9.97. The molecule has 0 saturated carbocycles. The third-order valence-corrected chi connectivity index (χ3v) is 4.40. The molecule has 1 amide bonds. The molecule has 4 heterocycles. The smallest absolute Gasteiger partial charge is 0.341 e. The number of H-pyrrole nitrogens is 2. The number of hydrogen-bond acceptors (Lipinski definition) is 6. The van der Waals surface area contributed by atoms with Gasteiger partial charge >= 0.3 is 5.97 Å². The molecule has 0 unspecified atom stereocenters. The first-order valence-corrected chi connectivity index (χ1v) is 9.65. The molecule has 0 aliphatic rings. The van der Waals surface area contributed by atoms with Gasteiger partial charge in [-0.2, -0.15) is 0 Å². The summed E-state index contributed by atoms with van der Waals surface area (Å²) < 4.78 is 0. The fourth-order valence-electron chi connectivity index (χ4n) is 2.77. The van der Waals surface area contributed by atoms with Crippen molar-refractivity contribution >= 4 is 11.9 Å². The molecule has 0 radical (unpaired) electrons. The Labute approximate surface area is 187 Å². The topological polar surface area (TPSA) is 158 Å². The number of amides is 1. The average Bonchev–Trinajstić information content (AvgIpc) is 2.84. The Balaban J connectivity index is 0.000000186. The number of nitrogens with one attached hydrogen (secondary N) is 3. The Morgan fingerprint density at radius 3 is 1.61 bits per heavy atom. The van der Waals surface area contributed by atoms with Gasteiger partial charge in [-0.3, -0.25) is 24.4 Å². The molecule has 10 heteroatoms. The van der Waals surface area contributed by atoms with Crippen LogP contribution in [0.2, 0.25) is 0 Å². The highest BCUT2D eigenvalue weighted by Crippen LogP contribution is 2.12. The standard InChI is InChI=1S/C12H11N3O2.C11H8N2O3/c1-13-11(16)8-5-6-10(15-12(8)17)9-4-2-3-7-14-9;14-10-7(11(15)16)4-5-9(13-10)8-3-1-2-6-12-8/h2-7H,1H3,(H,13,16)(H,15,17);1-6H,(H,13,14)(H,15,16). The maximum atomic E-state index is 11.7. The molecule has 4 N–H and O–H groups in total. The Morgan fingerprint density at radius 2 is 1.24 bits per heavy atom. The summed E-state index contributed by atoms with van der Waals surface area (Å²) >= 11 is 0. The van der Waals surface area contributed by atoms with Gasteiger partial charge in [0.25, 0.3) is 17.0 Å². The van der Waals surface area contributed by atoms with Crippen molar-refractivity contribution in [3.05, 3.63) is 105 Å². The number of carbonyl (C=O) groups excluding carboxylic acids is 1. The van der Waals surface area contributed by atoms with Gasteiger partial charge in [0.15, 0.2) is 0 Å². The molecule has 0 bridgehead atoms. The van der Waals surface area contributed by atoms with Crippen LogP contribution in [0.25, 0.3) is 22.8 Å². The number of carboxylic acids is 1. The van der Waals surface area contributed by atoms with E-state index in [0.29, 0.717) is 22.8 Å². The highest BCUT2D eigenvalue weighted by atomic mass is 16.4. The first-order valence-electron chi connectivity index (χ1n) is 9.65. The van der Waals surface area contributed by atoms with Crippen LogP contribution in [0.4, 0.5) is 0 Å². The number of carbonyl (C=O) groups is 2. The van der Waals surface area contributed by atoms with Crippen molar-refractivity contribution in [2.45, 2.75) is 0 Å². The summed E-state index contributed by atoms with van der Waals surface area (Å²) in [5.74, 6) is -1.65. The van der Waals surface area contributed by atoms with Gasteiger partial charge in [-0.25, -0.2) is 4.79 Å². The molecule has 0 fully saturated rings. The molecule has 0 atom stereocenters. The molecule has 4 rings (SSSR count). The number of aromatic carboxylic acids is 1. The number of hydrogen-bond donors (Lipinski definition) is 4. The Morgan fingerprint density at radius 1 is 0.758 bits per heavy atom. The molecular formula is C23H19N5O5. The van der Waals surface area contributed by atoms with E-state index in [1.807, 2.05) is 6.07 Å². The lowest BCUT2D eigenvalue weighted by atomic mass is 10.2. The second-order valence-corrected chi connectivity index (χ2v) is 6.54. The maximum Gasteiger partial charge on any atom is 0.341 e. The predicted molar refractivity (Wildman–Crippen MR) is 121 cm³/mol. The van der Waals surface area contributed by atoms with E-state index in [4.69, 9.17) is 5.11 Å². The van der Waals surface area contributed by atoms with E-state index in [2.05, 4.69) is 25.3 Å². The molecule has 0 saturated heterocycles. The minimum absolute atomic E-state index is 0.0900. The summed E-state index contributed by atoms with van der Waals surface area (Å²) in [5, 5.41) is 11.1. The molecule has 4 aromatic heterocycles. The number of aromatic amines is 2. The van der Waals surface area contributed by atoms with Gasteiger partial charge in [0.2, 0.25) is 0 Å². The second-order valence-electron chi connectivity index (χ2n) is 6.54. The van der Waals surface area contributed by atoms with E-state index in [1.54, 1.807) is 48.8 Å². The number of aromatic nitrogens is 4. The number of pyridine rings is 4. The van der Waals surface area contributed by atoms with E-state index in [1.165, 1.54) is 25.2 Å². The third kappa shape index (κ3) is 5.64. The lowest BCUT2D eigenvalue weighted by molar-refractivity contribution is 0.0694. The zero-order chi connectivity index (χ0) is 23.8. The van der Waals surface area contributed by atoms with E-state index in [9.17, 15) is 19.2 Å². The van der Waals surface area contributed by atoms with Crippen LogP contribution in [0.3, 0.4) is 0 Å². The first kappa shape index (κ1) is 22.8. The molecule has 4 aromatic rings. The van der Waals surface area contributed by atoms with Crippen molar-refractivity contribution in [2.24, 2.45) is 0 Å². The summed E-state index contributed by atoms with van der Waals surface area (Å²) in [7, 11) is 1.48. The van der Waals surface area contributed by atoms with Crippen LogP contribution in [-0.4, -0.2) is 44.0 Å². The molecule has 0 spiro atoms. The first-order chi connectivity index (χ1) is 15.9. The fraction of sp³-hybridized carbons (Fsp3) is 0.0435. The molecule has 33 heavy (non-hydrogen) atoms. The van der Waals surface area contributed by atoms with Gasteiger partial charge in [-0.15, -0.1) is 0 Å². The van der Waals surface area contributed by atoms with Crippen molar-refractivity contribution in [3.8, 4) is 22.8 Å². The van der Waals surface area contributed by atoms with Gasteiger partial charge in [0, 0.05) is 19.4 Å². The lowest BCUT2D eigenvalue weighted by Crippen LogP contribution is -2.26. The highest BCUT2D eigenvalue weighted by molar-refractivity contribution is 5.93. The minimum Gasteiger partial charge on any atom is -0.477 e. The van der Waals surface area contributed by atoms with Gasteiger partial charge < -0.3 is 20.4 Å². The van der Waals surface area contributed by atoms with E-state index >= 15 is 0 Å². The predicted octanol–water partition coefficient (Wildman–Crippen LogP) is 1.93. The summed E-state index contributed by atoms with van der Waals surface area (Å²) in [6.07, 6.45) is 3.24. The van der Waals surface area contributed by atoms with Crippen LogP contribution in [-0.2, 0) is 0 Å². The van der Waals surface area contributed by atoms with E-state index < -0.39 is 23.0 Å². The zero-order valence-corrected chi connectivity index (χ0v) is 17.4. The van der Waals surface area contributed by atoms with Crippen LogP contribution in [0.5, 0.6) is 0 Å². The number of nitrogens with zero attached hydrogens (tertiary/aromatic N) is 2. The molecule has 0 aromatic carbocycles. The Hall–Kier alpha value is -4.86. The second kappa shape index (κ2) is 10.4. The lowest BCUT2D eigenvalue weighted by Gasteiger charge is -2.02. The van der Waals surface area contributed by atoms with Crippen LogP contribution in [0.1, 0.15) is 20.7 Å². The minimum atomic E-state index is -1.24. The van der Waals surface area contributed by atoms with Crippen molar-refractivity contribution in [3.63, 3.8) is 0 Å². The van der Waals surface area contributed by atoms with Crippen molar-refractivity contribution in [1.82, 2.24) is 25.3 Å². The van der Waals surface area contributed by atoms with Crippen LogP contribution < -0.4 is 16.4 Å². The largest absolute Gasteiger partial charge is 0.477 e. The van der Waals surface area contributed by atoms with Crippen LogP contribution in [0, 0.1) is 0 Å². The maximum absolute atomic E-state index is 11.7. The summed E-state index contributed by atoms with van der Waals surface area (Å²) in [6.45, 7) is 0. The van der Waals surface area contributed by atoms with Crippen molar-refractivity contribution in [2.75, 3.05) is 7.05 Å². The summed E-state index contributed by atoms with van der Waals surface area (Å²) in [5.41, 5.74) is 1.10. The Bertz CT molecular complexity index is 1380. The van der Waals surface area contributed by atoms with Crippen LogP contribution >= 0.6 is 0 Å². The van der Waals surface area contributed by atoms with E-state index in [0.717, 1.165) is 0 Å². The van der Waals surface area contributed by atoms with Gasteiger partial charge in [-0.1, -0.05) is 12.1 Å². The summed E-state index contributed by atoms with van der Waals surface area (Å²) in [6, 6.07) is 16.6. The molecule has 0 aliphatic carbocycles. The monoisotopic (exact) mass is 445 g/mol. The van der Waals surface area contributed by atoms with Gasteiger partial charge in [0.05, 0.1) is 22.8 Å². The number of carboxylic acid groups (broad SMARTS) is 1. The highest BCUT2D eigenvalue weighted by Gasteiger charge is 2.10. The van der Waals surface area contributed by atoms with Crippen molar-refractivity contribution in [1.29, 1.82) is 0 Å². The SMILES string of the molecule is CNC(=O)c1ccc(-c2ccccn2)[nH]c1=O.O=C(O)c1ccc(-c2ccccn2)[nH]c1=O. The van der Waals surface area contributed by atoms with Crippen molar-refractivity contribution < 1.29 is 14.7 Å². The van der Waals surface area contributed by atoms with Gasteiger partial charge in [0.1, 0.15) is 11.1 Å².